The molecule has 0 unspecified atom stereocenters. The molecular formula is C14H19FN2O. The summed E-state index contributed by atoms with van der Waals surface area (Å²) in [5, 5.41) is 5.99. The molecule has 0 aliphatic heterocycles. The van der Waals surface area contributed by atoms with Gasteiger partial charge in [0.15, 0.2) is 0 Å². The van der Waals surface area contributed by atoms with Crippen molar-refractivity contribution in [3.05, 3.63) is 35.1 Å². The molecule has 0 bridgehead atoms. The minimum absolute atomic E-state index is 0.0961. The lowest BCUT2D eigenvalue weighted by Gasteiger charge is -2.14. The Morgan fingerprint density at radius 3 is 2.72 bits per heavy atom. The van der Waals surface area contributed by atoms with Crippen molar-refractivity contribution in [3.8, 4) is 0 Å². The summed E-state index contributed by atoms with van der Waals surface area (Å²) in [6, 6.07) is 4.92. The molecule has 0 saturated heterocycles. The van der Waals surface area contributed by atoms with Crippen molar-refractivity contribution in [2.24, 2.45) is 5.41 Å². The van der Waals surface area contributed by atoms with E-state index in [4.69, 9.17) is 0 Å². The van der Waals surface area contributed by atoms with Gasteiger partial charge < -0.3 is 10.6 Å². The van der Waals surface area contributed by atoms with Crippen molar-refractivity contribution in [3.63, 3.8) is 0 Å². The Labute approximate surface area is 107 Å². The normalized spacial score (nSPS) is 16.4. The van der Waals surface area contributed by atoms with Crippen LogP contribution in [0.1, 0.15) is 24.0 Å². The minimum atomic E-state index is -0.209. The van der Waals surface area contributed by atoms with Crippen molar-refractivity contribution >= 4 is 5.91 Å². The largest absolute Gasteiger partial charge is 0.352 e. The van der Waals surface area contributed by atoms with Gasteiger partial charge in [-0.25, -0.2) is 4.39 Å². The summed E-state index contributed by atoms with van der Waals surface area (Å²) in [7, 11) is 1.86. The maximum absolute atomic E-state index is 13.1. The zero-order chi connectivity index (χ0) is 13.2. The number of carbonyl (C=O) groups is 1. The van der Waals surface area contributed by atoms with E-state index in [1.165, 1.54) is 6.07 Å². The van der Waals surface area contributed by atoms with Crippen LogP contribution in [0.2, 0.25) is 0 Å². The van der Waals surface area contributed by atoms with Gasteiger partial charge in [-0.2, -0.15) is 0 Å². The van der Waals surface area contributed by atoms with Crippen LogP contribution < -0.4 is 10.6 Å². The van der Waals surface area contributed by atoms with Crippen LogP contribution >= 0.6 is 0 Å². The summed E-state index contributed by atoms with van der Waals surface area (Å²) >= 11 is 0. The predicted octanol–water partition coefficient (Wildman–Crippen LogP) is 1.75. The van der Waals surface area contributed by atoms with Gasteiger partial charge in [0.05, 0.1) is 5.41 Å². The molecule has 0 atom stereocenters. The van der Waals surface area contributed by atoms with Crippen molar-refractivity contribution in [1.29, 1.82) is 0 Å². The molecule has 1 aromatic rings. The number of hydrogen-bond donors (Lipinski definition) is 2. The number of amides is 1. The van der Waals surface area contributed by atoms with Gasteiger partial charge >= 0.3 is 0 Å². The van der Waals surface area contributed by atoms with Gasteiger partial charge in [0.1, 0.15) is 5.82 Å². The molecule has 1 fully saturated rings. The van der Waals surface area contributed by atoms with E-state index in [9.17, 15) is 9.18 Å². The molecule has 3 nitrogen and oxygen atoms in total. The van der Waals surface area contributed by atoms with Crippen LogP contribution in [0, 0.1) is 18.2 Å². The molecule has 0 aromatic heterocycles. The Morgan fingerprint density at radius 2 is 2.17 bits per heavy atom. The maximum Gasteiger partial charge on any atom is 0.227 e. The van der Waals surface area contributed by atoms with Crippen LogP contribution in [0.3, 0.4) is 0 Å². The maximum atomic E-state index is 13.1. The summed E-state index contributed by atoms with van der Waals surface area (Å²) in [5.74, 6) is -0.113. The zero-order valence-corrected chi connectivity index (χ0v) is 10.8. The third-order valence-electron chi connectivity index (χ3n) is 3.53. The number of rotatable bonds is 5. The van der Waals surface area contributed by atoms with Crippen LogP contribution in [0.15, 0.2) is 18.2 Å². The van der Waals surface area contributed by atoms with Crippen molar-refractivity contribution < 1.29 is 9.18 Å². The lowest BCUT2D eigenvalue weighted by molar-refractivity contribution is -0.126. The predicted molar refractivity (Wildman–Crippen MR) is 68.6 cm³/mol. The van der Waals surface area contributed by atoms with Gasteiger partial charge in [-0.05, 0) is 44.0 Å². The molecule has 0 spiro atoms. The lowest BCUT2D eigenvalue weighted by Crippen LogP contribution is -2.37. The number of benzene rings is 1. The fraction of sp³-hybridized carbons (Fsp3) is 0.500. The van der Waals surface area contributed by atoms with Gasteiger partial charge in [0, 0.05) is 13.1 Å². The smallest absolute Gasteiger partial charge is 0.227 e. The summed E-state index contributed by atoms with van der Waals surface area (Å²) in [6.45, 7) is 2.91. The third kappa shape index (κ3) is 2.70. The number of aryl methyl sites for hydroxylation is 1. The Hall–Kier alpha value is -1.42. The molecule has 0 heterocycles. The Morgan fingerprint density at radius 1 is 1.44 bits per heavy atom. The summed E-state index contributed by atoms with van der Waals surface area (Å²) < 4.78 is 13.1. The van der Waals surface area contributed by atoms with E-state index in [1.807, 2.05) is 7.05 Å². The van der Waals surface area contributed by atoms with Crippen LogP contribution in [0.5, 0.6) is 0 Å². The van der Waals surface area contributed by atoms with Crippen LogP contribution in [0.4, 0.5) is 4.39 Å². The van der Waals surface area contributed by atoms with Gasteiger partial charge in [0.25, 0.3) is 0 Å². The highest BCUT2D eigenvalue weighted by atomic mass is 19.1. The average Bonchev–Trinajstić information content (AvgIpc) is 3.12. The molecule has 1 saturated carbocycles. The Bertz CT molecular complexity index is 455. The van der Waals surface area contributed by atoms with E-state index < -0.39 is 0 Å². The van der Waals surface area contributed by atoms with Gasteiger partial charge in [0.2, 0.25) is 5.91 Å². The molecule has 2 rings (SSSR count). The second-order valence-electron chi connectivity index (χ2n) is 5.08. The number of hydrogen-bond acceptors (Lipinski definition) is 2. The number of halogens is 1. The SMILES string of the molecule is CNCC1(C(=O)NCc2ccc(F)c(C)c2)CC1. The Balaban J connectivity index is 1.91. The monoisotopic (exact) mass is 250 g/mol. The highest BCUT2D eigenvalue weighted by Crippen LogP contribution is 2.45. The molecule has 1 aliphatic rings. The summed E-state index contributed by atoms with van der Waals surface area (Å²) in [5.41, 5.74) is 1.34. The lowest BCUT2D eigenvalue weighted by atomic mass is 10.1. The number of carbonyl (C=O) groups excluding carboxylic acids is 1. The van der Waals surface area contributed by atoms with E-state index in [0.717, 1.165) is 24.9 Å². The van der Waals surface area contributed by atoms with Gasteiger partial charge in [-0.3, -0.25) is 4.79 Å². The molecule has 1 aliphatic carbocycles. The molecule has 0 radical (unpaired) electrons. The highest BCUT2D eigenvalue weighted by Gasteiger charge is 2.48. The van der Waals surface area contributed by atoms with Gasteiger partial charge in [-0.1, -0.05) is 12.1 Å². The number of nitrogens with one attached hydrogen (secondary N) is 2. The highest BCUT2D eigenvalue weighted by molar-refractivity contribution is 5.85. The van der Waals surface area contributed by atoms with Crippen molar-refractivity contribution in [1.82, 2.24) is 10.6 Å². The Kier molecular flexibility index (Phi) is 3.66. The van der Waals surface area contributed by atoms with Crippen LogP contribution in [-0.2, 0) is 11.3 Å². The fourth-order valence-corrected chi connectivity index (χ4v) is 2.16. The second-order valence-corrected chi connectivity index (χ2v) is 5.08. The van der Waals surface area contributed by atoms with Crippen molar-refractivity contribution in [2.45, 2.75) is 26.3 Å². The average molecular weight is 250 g/mol. The fourth-order valence-electron chi connectivity index (χ4n) is 2.16. The van der Waals surface area contributed by atoms with E-state index in [2.05, 4.69) is 10.6 Å². The first-order chi connectivity index (χ1) is 8.57. The quantitative estimate of drug-likeness (QED) is 0.836. The molecule has 2 N–H and O–H groups in total. The van der Waals surface area contributed by atoms with Crippen molar-refractivity contribution in [2.75, 3.05) is 13.6 Å². The van der Waals surface area contributed by atoms with Crippen LogP contribution in [0.25, 0.3) is 0 Å². The molecule has 1 aromatic carbocycles. The zero-order valence-electron chi connectivity index (χ0n) is 10.8. The van der Waals surface area contributed by atoms with Gasteiger partial charge in [-0.15, -0.1) is 0 Å². The van der Waals surface area contributed by atoms with E-state index in [0.29, 0.717) is 12.1 Å². The van der Waals surface area contributed by atoms with E-state index in [-0.39, 0.29) is 17.1 Å². The molecule has 18 heavy (non-hydrogen) atoms. The standard InChI is InChI=1S/C14H19FN2O/c1-10-7-11(3-4-12(10)15)8-17-13(18)14(5-6-14)9-16-2/h3-4,7,16H,5-6,8-9H2,1-2H3,(H,17,18). The van der Waals surface area contributed by atoms with E-state index >= 15 is 0 Å². The molecule has 4 heteroatoms. The topological polar surface area (TPSA) is 41.1 Å². The first kappa shape index (κ1) is 13.0. The van der Waals surface area contributed by atoms with E-state index in [1.54, 1.807) is 19.1 Å². The first-order valence-corrected chi connectivity index (χ1v) is 6.25. The second kappa shape index (κ2) is 5.06. The third-order valence-corrected chi connectivity index (χ3v) is 3.53. The minimum Gasteiger partial charge on any atom is -0.352 e. The summed E-state index contributed by atoms with van der Waals surface area (Å²) in [6.07, 6.45) is 1.89. The molecule has 98 valence electrons. The molecule has 1 amide bonds. The van der Waals surface area contributed by atoms with Crippen LogP contribution in [-0.4, -0.2) is 19.5 Å². The first-order valence-electron chi connectivity index (χ1n) is 6.25. The summed E-state index contributed by atoms with van der Waals surface area (Å²) in [4.78, 5) is 12.0. The molecular weight excluding hydrogens is 231 g/mol.